The van der Waals surface area contributed by atoms with Gasteiger partial charge in [-0.25, -0.2) is 0 Å². The first kappa shape index (κ1) is 19.9. The number of nitrogens with zero attached hydrogens (tertiary/aromatic N) is 1. The predicted molar refractivity (Wildman–Crippen MR) is 115 cm³/mol. The second kappa shape index (κ2) is 9.87. The molecular weight excluding hydrogens is 372 g/mol. The van der Waals surface area contributed by atoms with Crippen LogP contribution in [0.5, 0.6) is 0 Å². The lowest BCUT2D eigenvalue weighted by molar-refractivity contribution is 0.0954. The van der Waals surface area contributed by atoms with Crippen molar-refractivity contribution in [2.45, 2.75) is 6.10 Å². The number of amides is 1. The van der Waals surface area contributed by atoms with Crippen molar-refractivity contribution in [2.24, 2.45) is 4.99 Å². The van der Waals surface area contributed by atoms with E-state index in [1.165, 1.54) is 0 Å². The molecule has 0 aliphatic rings. The molecule has 0 bridgehead atoms. The molecule has 146 valence electrons. The minimum absolute atomic E-state index is 0.106. The van der Waals surface area contributed by atoms with E-state index in [0.29, 0.717) is 31.2 Å². The van der Waals surface area contributed by atoms with Crippen LogP contribution < -0.4 is 16.0 Å². The van der Waals surface area contributed by atoms with Crippen LogP contribution in [0.3, 0.4) is 0 Å². The van der Waals surface area contributed by atoms with Crippen molar-refractivity contribution in [2.75, 3.05) is 26.7 Å². The minimum atomic E-state index is -0.617. The molecule has 0 saturated carbocycles. The maximum absolute atomic E-state index is 12.0. The van der Waals surface area contributed by atoms with E-state index in [0.717, 1.165) is 15.0 Å². The summed E-state index contributed by atoms with van der Waals surface area (Å²) in [5.41, 5.74) is 0.636. The summed E-state index contributed by atoms with van der Waals surface area (Å²) >= 11 is 1.59. The molecule has 7 heteroatoms. The number of fused-ring (bicyclic) bond motifs is 1. The van der Waals surface area contributed by atoms with E-state index in [-0.39, 0.29) is 5.91 Å². The van der Waals surface area contributed by atoms with E-state index in [1.807, 2.05) is 48.5 Å². The van der Waals surface area contributed by atoms with Crippen LogP contribution in [0.15, 0.2) is 65.7 Å². The molecule has 0 spiro atoms. The highest BCUT2D eigenvalue weighted by atomic mass is 32.1. The average Bonchev–Trinajstić information content (AvgIpc) is 3.18. The number of aliphatic hydroxyl groups excluding tert-OH is 1. The molecule has 0 fully saturated rings. The Balaban J connectivity index is 1.41. The zero-order chi connectivity index (χ0) is 19.8. The summed E-state index contributed by atoms with van der Waals surface area (Å²) in [6, 6.07) is 19.2. The second-order valence-corrected chi connectivity index (χ2v) is 7.32. The zero-order valence-electron chi connectivity index (χ0n) is 15.7. The summed E-state index contributed by atoms with van der Waals surface area (Å²) in [5, 5.41) is 20.7. The fourth-order valence-corrected chi connectivity index (χ4v) is 3.78. The van der Waals surface area contributed by atoms with Crippen molar-refractivity contribution in [3.63, 3.8) is 0 Å². The van der Waals surface area contributed by atoms with Crippen LogP contribution in [0.25, 0.3) is 10.1 Å². The van der Waals surface area contributed by atoms with Gasteiger partial charge in [0.05, 0.1) is 0 Å². The zero-order valence-corrected chi connectivity index (χ0v) is 16.5. The highest BCUT2D eigenvalue weighted by molar-refractivity contribution is 7.19. The number of carbonyl (C=O) groups excluding carboxylic acids is 1. The lowest BCUT2D eigenvalue weighted by atomic mass is 10.2. The molecular formula is C21H24N4O2S. The molecule has 1 heterocycles. The van der Waals surface area contributed by atoms with E-state index >= 15 is 0 Å². The van der Waals surface area contributed by atoms with E-state index < -0.39 is 6.10 Å². The number of aliphatic imine (C=N–C) groups is 1. The van der Waals surface area contributed by atoms with Crippen LogP contribution in [-0.4, -0.2) is 43.7 Å². The monoisotopic (exact) mass is 396 g/mol. The minimum Gasteiger partial charge on any atom is -0.386 e. The lowest BCUT2D eigenvalue weighted by Gasteiger charge is -2.15. The van der Waals surface area contributed by atoms with Gasteiger partial charge in [-0.3, -0.25) is 9.79 Å². The van der Waals surface area contributed by atoms with Crippen LogP contribution in [0.4, 0.5) is 0 Å². The summed E-state index contributed by atoms with van der Waals surface area (Å²) in [5.74, 6) is 0.472. The quantitative estimate of drug-likeness (QED) is 0.281. The van der Waals surface area contributed by atoms with Gasteiger partial charge in [-0.05, 0) is 29.7 Å². The number of guanidine groups is 1. The van der Waals surface area contributed by atoms with Crippen molar-refractivity contribution in [1.82, 2.24) is 16.0 Å². The van der Waals surface area contributed by atoms with Crippen LogP contribution in [0, 0.1) is 0 Å². The SMILES string of the molecule is CN=C(NCCNC(=O)c1ccccc1)NCC(O)c1cc2ccccc2s1. The Morgan fingerprint density at radius 1 is 1.04 bits per heavy atom. The smallest absolute Gasteiger partial charge is 0.251 e. The van der Waals surface area contributed by atoms with Gasteiger partial charge in [0, 0.05) is 41.8 Å². The summed E-state index contributed by atoms with van der Waals surface area (Å²) in [7, 11) is 1.67. The fourth-order valence-electron chi connectivity index (χ4n) is 2.73. The summed E-state index contributed by atoms with van der Waals surface area (Å²) in [6.45, 7) is 1.34. The van der Waals surface area contributed by atoms with Crippen LogP contribution in [0.2, 0.25) is 0 Å². The number of carbonyl (C=O) groups is 1. The Morgan fingerprint density at radius 3 is 2.50 bits per heavy atom. The van der Waals surface area contributed by atoms with Gasteiger partial charge in [-0.2, -0.15) is 0 Å². The number of aliphatic hydroxyl groups is 1. The number of nitrogens with one attached hydrogen (secondary N) is 3. The molecule has 1 unspecified atom stereocenters. The van der Waals surface area contributed by atoms with Crippen molar-refractivity contribution in [1.29, 1.82) is 0 Å². The van der Waals surface area contributed by atoms with Crippen molar-refractivity contribution >= 4 is 33.3 Å². The maximum atomic E-state index is 12.0. The number of hydrogen-bond donors (Lipinski definition) is 4. The van der Waals surface area contributed by atoms with Crippen molar-refractivity contribution < 1.29 is 9.90 Å². The van der Waals surface area contributed by atoms with Gasteiger partial charge in [-0.1, -0.05) is 36.4 Å². The van der Waals surface area contributed by atoms with Crippen LogP contribution in [-0.2, 0) is 0 Å². The molecule has 1 amide bonds. The van der Waals surface area contributed by atoms with Gasteiger partial charge >= 0.3 is 0 Å². The summed E-state index contributed by atoms with van der Waals surface area (Å²) in [4.78, 5) is 17.0. The lowest BCUT2D eigenvalue weighted by Crippen LogP contribution is -2.42. The Kier molecular flexibility index (Phi) is 7.00. The van der Waals surface area contributed by atoms with Crippen molar-refractivity contribution in [3.05, 3.63) is 71.1 Å². The number of hydrogen-bond acceptors (Lipinski definition) is 4. The van der Waals surface area contributed by atoms with Crippen LogP contribution in [0.1, 0.15) is 21.3 Å². The Labute approximate surface area is 168 Å². The molecule has 4 N–H and O–H groups in total. The Bertz CT molecular complexity index is 907. The first-order valence-corrected chi connectivity index (χ1v) is 9.93. The van der Waals surface area contributed by atoms with Gasteiger partial charge in [0.1, 0.15) is 6.10 Å². The molecule has 3 rings (SSSR count). The Hall–Kier alpha value is -2.90. The largest absolute Gasteiger partial charge is 0.386 e. The summed E-state index contributed by atoms with van der Waals surface area (Å²) < 4.78 is 1.16. The third-order valence-corrected chi connectivity index (χ3v) is 5.42. The van der Waals surface area contributed by atoms with Gasteiger partial charge in [0.2, 0.25) is 0 Å². The van der Waals surface area contributed by atoms with Crippen LogP contribution >= 0.6 is 11.3 Å². The molecule has 0 radical (unpaired) electrons. The van der Waals surface area contributed by atoms with E-state index in [1.54, 1.807) is 30.5 Å². The topological polar surface area (TPSA) is 85.8 Å². The highest BCUT2D eigenvalue weighted by Crippen LogP contribution is 2.29. The normalized spacial score (nSPS) is 12.6. The molecule has 1 aromatic heterocycles. The first-order chi connectivity index (χ1) is 13.7. The molecule has 6 nitrogen and oxygen atoms in total. The standard InChI is InChI=1S/C21H24N4O2S/c1-22-21(24-12-11-23-20(27)15-7-3-2-4-8-15)25-14-17(26)19-13-16-9-5-6-10-18(16)28-19/h2-10,13,17,26H,11-12,14H2,1H3,(H,23,27)(H2,22,24,25). The number of benzene rings is 2. The van der Waals surface area contributed by atoms with Crippen molar-refractivity contribution in [3.8, 4) is 0 Å². The second-order valence-electron chi connectivity index (χ2n) is 6.20. The highest BCUT2D eigenvalue weighted by Gasteiger charge is 2.12. The molecule has 3 aromatic rings. The van der Waals surface area contributed by atoms with Gasteiger partial charge in [-0.15, -0.1) is 11.3 Å². The van der Waals surface area contributed by atoms with E-state index in [9.17, 15) is 9.90 Å². The van der Waals surface area contributed by atoms with Gasteiger partial charge < -0.3 is 21.1 Å². The first-order valence-electron chi connectivity index (χ1n) is 9.11. The fraction of sp³-hybridized carbons (Fsp3) is 0.238. The third-order valence-electron chi connectivity index (χ3n) is 4.20. The third kappa shape index (κ3) is 5.31. The van der Waals surface area contributed by atoms with Gasteiger partial charge in [0.15, 0.2) is 5.96 Å². The number of thiophene rings is 1. The predicted octanol–water partition coefficient (Wildman–Crippen LogP) is 2.53. The number of rotatable bonds is 7. The molecule has 0 aliphatic heterocycles. The van der Waals surface area contributed by atoms with E-state index in [2.05, 4.69) is 20.9 Å². The molecule has 2 aromatic carbocycles. The molecule has 28 heavy (non-hydrogen) atoms. The molecule has 1 atom stereocenters. The molecule has 0 aliphatic carbocycles. The van der Waals surface area contributed by atoms with E-state index in [4.69, 9.17) is 0 Å². The maximum Gasteiger partial charge on any atom is 0.251 e. The average molecular weight is 397 g/mol. The summed E-state index contributed by atoms with van der Waals surface area (Å²) in [6.07, 6.45) is -0.617. The van der Waals surface area contributed by atoms with Gasteiger partial charge in [0.25, 0.3) is 5.91 Å². The molecule has 0 saturated heterocycles. The Morgan fingerprint density at radius 2 is 1.75 bits per heavy atom.